The van der Waals surface area contributed by atoms with Crippen molar-refractivity contribution in [3.05, 3.63) is 0 Å². The quantitative estimate of drug-likeness (QED) is 0.783. The second-order valence-corrected chi connectivity index (χ2v) is 8.86. The van der Waals surface area contributed by atoms with Crippen LogP contribution in [-0.2, 0) is 14.3 Å². The van der Waals surface area contributed by atoms with E-state index in [9.17, 15) is 0 Å². The van der Waals surface area contributed by atoms with Gasteiger partial charge in [0.05, 0.1) is 29.9 Å². The molecule has 0 bridgehead atoms. The topological polar surface area (TPSA) is 30.9 Å². The van der Waals surface area contributed by atoms with Crippen LogP contribution in [-0.4, -0.2) is 47.2 Å². The van der Waals surface area contributed by atoms with Crippen molar-refractivity contribution in [3.63, 3.8) is 0 Å². The maximum atomic E-state index is 6.53. The van der Waals surface area contributed by atoms with Crippen LogP contribution in [0.4, 0.5) is 0 Å². The maximum Gasteiger partial charge on any atom is 0.107 e. The van der Waals surface area contributed by atoms with Gasteiger partial charge in [-0.15, -0.1) is 0 Å². The zero-order valence-electron chi connectivity index (χ0n) is 14.4. The van der Waals surface area contributed by atoms with E-state index < -0.39 is 0 Å². The van der Waals surface area contributed by atoms with Crippen LogP contribution in [0.15, 0.2) is 0 Å². The van der Waals surface area contributed by atoms with Gasteiger partial charge in [-0.2, -0.15) is 5.06 Å². The average Bonchev–Trinajstić information content (AvgIpc) is 2.88. The van der Waals surface area contributed by atoms with Crippen molar-refractivity contribution in [2.24, 2.45) is 5.92 Å². The number of rotatable bonds is 2. The van der Waals surface area contributed by atoms with Crippen LogP contribution >= 0.6 is 0 Å². The molecule has 0 N–H and O–H groups in total. The maximum absolute atomic E-state index is 6.53. The van der Waals surface area contributed by atoms with Crippen molar-refractivity contribution < 1.29 is 14.3 Å². The Bertz CT molecular complexity index is 398. The summed E-state index contributed by atoms with van der Waals surface area (Å²) >= 11 is 0. The zero-order valence-corrected chi connectivity index (χ0v) is 14.4. The zero-order chi connectivity index (χ0) is 15.5. The lowest BCUT2D eigenvalue weighted by Crippen LogP contribution is -2.53. The summed E-state index contributed by atoms with van der Waals surface area (Å²) in [6.45, 7) is 14.5. The van der Waals surface area contributed by atoms with Gasteiger partial charge < -0.3 is 9.47 Å². The molecule has 0 amide bonds. The molecule has 4 heteroatoms. The average molecular weight is 297 g/mol. The summed E-state index contributed by atoms with van der Waals surface area (Å²) in [4.78, 5) is 6.00. The molecule has 3 fully saturated rings. The highest BCUT2D eigenvalue weighted by Gasteiger charge is 2.65. The van der Waals surface area contributed by atoms with Gasteiger partial charge in [-0.1, -0.05) is 6.42 Å². The summed E-state index contributed by atoms with van der Waals surface area (Å²) in [5, 5.41) is 2.21. The molecule has 2 heterocycles. The Morgan fingerprint density at radius 1 is 1.05 bits per heavy atom. The monoisotopic (exact) mass is 297 g/mol. The SMILES string of the molecule is CC(C)(C)O[C@H]1CN2OC[C@@H]3CCC[C@@]32[C@@H]1OC(C)(C)C. The molecule has 3 aliphatic rings. The molecule has 0 aromatic rings. The normalized spacial score (nSPS) is 40.6. The largest absolute Gasteiger partial charge is 0.368 e. The summed E-state index contributed by atoms with van der Waals surface area (Å²) in [6.07, 6.45) is 3.89. The molecule has 2 saturated heterocycles. The van der Waals surface area contributed by atoms with Gasteiger partial charge in [-0.25, -0.2) is 0 Å². The summed E-state index contributed by atoms with van der Waals surface area (Å²) in [6, 6.07) is 0. The second kappa shape index (κ2) is 4.92. The third kappa shape index (κ3) is 2.76. The minimum atomic E-state index is -0.162. The minimum Gasteiger partial charge on any atom is -0.368 e. The molecule has 21 heavy (non-hydrogen) atoms. The number of hydroxylamine groups is 2. The lowest BCUT2D eigenvalue weighted by molar-refractivity contribution is -0.181. The highest BCUT2D eigenvalue weighted by Crippen LogP contribution is 2.54. The molecule has 0 radical (unpaired) electrons. The van der Waals surface area contributed by atoms with Crippen molar-refractivity contribution in [2.45, 2.75) is 89.8 Å². The van der Waals surface area contributed by atoms with Crippen molar-refractivity contribution in [2.75, 3.05) is 13.2 Å². The molecular weight excluding hydrogens is 266 g/mol. The molecule has 1 saturated carbocycles. The van der Waals surface area contributed by atoms with E-state index in [0.29, 0.717) is 5.92 Å². The predicted molar refractivity (Wildman–Crippen MR) is 82.0 cm³/mol. The van der Waals surface area contributed by atoms with Gasteiger partial charge in [0.25, 0.3) is 0 Å². The molecule has 0 aromatic heterocycles. The van der Waals surface area contributed by atoms with Crippen LogP contribution in [0.5, 0.6) is 0 Å². The third-order valence-electron chi connectivity index (χ3n) is 4.89. The second-order valence-electron chi connectivity index (χ2n) is 8.86. The van der Waals surface area contributed by atoms with E-state index in [1.54, 1.807) is 0 Å². The first-order chi connectivity index (χ1) is 9.62. The van der Waals surface area contributed by atoms with E-state index in [-0.39, 0.29) is 28.9 Å². The molecule has 122 valence electrons. The van der Waals surface area contributed by atoms with Crippen molar-refractivity contribution in [1.82, 2.24) is 5.06 Å². The fourth-order valence-corrected chi connectivity index (χ4v) is 4.37. The van der Waals surface area contributed by atoms with Gasteiger partial charge in [0.2, 0.25) is 0 Å². The third-order valence-corrected chi connectivity index (χ3v) is 4.89. The van der Waals surface area contributed by atoms with E-state index in [4.69, 9.17) is 14.3 Å². The lowest BCUT2D eigenvalue weighted by Gasteiger charge is -2.40. The van der Waals surface area contributed by atoms with Gasteiger partial charge in [0.15, 0.2) is 0 Å². The Morgan fingerprint density at radius 2 is 1.71 bits per heavy atom. The predicted octanol–water partition coefficient (Wildman–Crippen LogP) is 3.15. The summed E-state index contributed by atoms with van der Waals surface area (Å²) in [7, 11) is 0. The van der Waals surface area contributed by atoms with Crippen molar-refractivity contribution >= 4 is 0 Å². The van der Waals surface area contributed by atoms with Gasteiger partial charge >= 0.3 is 0 Å². The minimum absolute atomic E-state index is 0.0448. The smallest absolute Gasteiger partial charge is 0.107 e. The molecule has 4 atom stereocenters. The number of nitrogens with zero attached hydrogens (tertiary/aromatic N) is 1. The lowest BCUT2D eigenvalue weighted by atomic mass is 9.83. The van der Waals surface area contributed by atoms with Gasteiger partial charge in [0.1, 0.15) is 12.2 Å². The molecule has 2 aliphatic heterocycles. The molecule has 4 nitrogen and oxygen atoms in total. The van der Waals surface area contributed by atoms with Crippen molar-refractivity contribution in [3.8, 4) is 0 Å². The van der Waals surface area contributed by atoms with E-state index in [1.165, 1.54) is 19.3 Å². The Labute approximate surface area is 129 Å². The highest BCUT2D eigenvalue weighted by atomic mass is 16.7. The van der Waals surface area contributed by atoms with Crippen LogP contribution in [0.25, 0.3) is 0 Å². The Hall–Kier alpha value is -0.160. The van der Waals surface area contributed by atoms with E-state index in [1.807, 2.05) is 0 Å². The number of hydrogen-bond acceptors (Lipinski definition) is 4. The number of hydrogen-bond donors (Lipinski definition) is 0. The van der Waals surface area contributed by atoms with Gasteiger partial charge in [-0.05, 0) is 54.4 Å². The standard InChI is InChI=1S/C17H31NO3/c1-15(2,3)20-13-10-18-17(14(13)21-16(4,5)6)9-7-8-12(17)11-19-18/h12-14H,7-11H2,1-6H3/t12-,13-,14+,17-/m0/s1. The van der Waals surface area contributed by atoms with Crippen LogP contribution < -0.4 is 0 Å². The molecule has 0 unspecified atom stereocenters. The van der Waals surface area contributed by atoms with Gasteiger partial charge in [-0.3, -0.25) is 4.84 Å². The van der Waals surface area contributed by atoms with E-state index >= 15 is 0 Å². The summed E-state index contributed by atoms with van der Waals surface area (Å²) in [5.41, 5.74) is -0.275. The molecule has 0 aromatic carbocycles. The van der Waals surface area contributed by atoms with Crippen LogP contribution in [0.3, 0.4) is 0 Å². The first-order valence-corrected chi connectivity index (χ1v) is 8.38. The fourth-order valence-electron chi connectivity index (χ4n) is 4.37. The van der Waals surface area contributed by atoms with Crippen molar-refractivity contribution in [1.29, 1.82) is 0 Å². The van der Waals surface area contributed by atoms with E-state index in [2.05, 4.69) is 46.6 Å². The van der Waals surface area contributed by atoms with Crippen LogP contribution in [0.2, 0.25) is 0 Å². The molecule has 3 rings (SSSR count). The Kier molecular flexibility index (Phi) is 3.68. The first kappa shape index (κ1) is 15.7. The summed E-state index contributed by atoms with van der Waals surface area (Å²) in [5.74, 6) is 0.596. The van der Waals surface area contributed by atoms with Gasteiger partial charge in [0, 0.05) is 5.92 Å². The van der Waals surface area contributed by atoms with Crippen LogP contribution in [0.1, 0.15) is 60.8 Å². The van der Waals surface area contributed by atoms with E-state index in [0.717, 1.165) is 13.2 Å². The first-order valence-electron chi connectivity index (χ1n) is 8.38. The summed E-state index contributed by atoms with van der Waals surface area (Å²) < 4.78 is 12.9. The molecule has 1 aliphatic carbocycles. The Morgan fingerprint density at radius 3 is 2.33 bits per heavy atom. The molecular formula is C17H31NO3. The Balaban J connectivity index is 1.89. The highest BCUT2D eigenvalue weighted by molar-refractivity contribution is 5.14. The van der Waals surface area contributed by atoms with Crippen LogP contribution in [0, 0.1) is 5.92 Å². The molecule has 1 spiro atoms. The number of ether oxygens (including phenoxy) is 2. The fraction of sp³-hybridized carbons (Fsp3) is 1.00.